The topological polar surface area (TPSA) is 12.0 Å². The van der Waals surface area contributed by atoms with Gasteiger partial charge in [-0.3, -0.25) is 0 Å². The molecule has 1 aliphatic carbocycles. The Labute approximate surface area is 101 Å². The van der Waals surface area contributed by atoms with Crippen molar-refractivity contribution >= 4 is 0 Å². The smallest absolute Gasteiger partial charge is 0.162 e. The van der Waals surface area contributed by atoms with E-state index in [4.69, 9.17) is 0 Å². The lowest BCUT2D eigenvalue weighted by atomic mass is 9.90. The minimum Gasteiger partial charge on any atom is -0.317 e. The first-order valence-corrected chi connectivity index (χ1v) is 6.33. The summed E-state index contributed by atoms with van der Waals surface area (Å²) in [6.07, 6.45) is 5.25. The molecule has 0 amide bonds. The summed E-state index contributed by atoms with van der Waals surface area (Å²) in [6, 6.07) is 4.93. The van der Waals surface area contributed by atoms with Gasteiger partial charge in [0, 0.05) is 6.04 Å². The number of nitrogens with one attached hydrogen (secondary N) is 1. The first-order valence-electron chi connectivity index (χ1n) is 6.33. The molecular weight excluding hydrogens is 220 g/mol. The molecule has 2 unspecified atom stereocenters. The number of hydrogen-bond donors (Lipinski definition) is 1. The van der Waals surface area contributed by atoms with Crippen molar-refractivity contribution in [2.45, 2.75) is 44.1 Å². The van der Waals surface area contributed by atoms with Gasteiger partial charge in [0.1, 0.15) is 0 Å². The number of benzene rings is 1. The van der Waals surface area contributed by atoms with Crippen LogP contribution in [-0.4, -0.2) is 13.1 Å². The fraction of sp³-hybridized carbons (Fsp3) is 0.571. The molecule has 17 heavy (non-hydrogen) atoms. The molecule has 3 heteroatoms. The molecule has 1 aromatic carbocycles. The predicted octanol–water partition coefficient (Wildman–Crippen LogP) is 3.60. The van der Waals surface area contributed by atoms with E-state index in [0.717, 1.165) is 25.7 Å². The van der Waals surface area contributed by atoms with Gasteiger partial charge in [-0.05, 0) is 43.9 Å². The van der Waals surface area contributed by atoms with Crippen LogP contribution in [0.4, 0.5) is 8.78 Å². The second-order valence-electron chi connectivity index (χ2n) is 4.85. The average molecular weight is 239 g/mol. The Morgan fingerprint density at radius 3 is 2.71 bits per heavy atom. The fourth-order valence-electron chi connectivity index (χ4n) is 2.74. The molecule has 0 spiro atoms. The minimum atomic E-state index is -0.729. The highest BCUT2D eigenvalue weighted by Gasteiger charge is 2.23. The van der Waals surface area contributed by atoms with Crippen LogP contribution in [0.25, 0.3) is 0 Å². The molecule has 2 atom stereocenters. The van der Waals surface area contributed by atoms with Gasteiger partial charge in [-0.15, -0.1) is 0 Å². The molecule has 0 bridgehead atoms. The van der Waals surface area contributed by atoms with Crippen LogP contribution in [0, 0.1) is 11.6 Å². The molecule has 1 fully saturated rings. The van der Waals surface area contributed by atoms with Gasteiger partial charge in [0.2, 0.25) is 0 Å². The SMILES string of the molecule is CNC1CCCCC(c2cccc(F)c2F)C1. The van der Waals surface area contributed by atoms with Crippen molar-refractivity contribution in [3.8, 4) is 0 Å². The Morgan fingerprint density at radius 2 is 1.94 bits per heavy atom. The lowest BCUT2D eigenvalue weighted by Gasteiger charge is -2.20. The van der Waals surface area contributed by atoms with E-state index < -0.39 is 11.6 Å². The highest BCUT2D eigenvalue weighted by atomic mass is 19.2. The van der Waals surface area contributed by atoms with E-state index in [9.17, 15) is 8.78 Å². The second kappa shape index (κ2) is 5.58. The minimum absolute atomic E-state index is 0.144. The van der Waals surface area contributed by atoms with E-state index in [2.05, 4.69) is 5.32 Å². The van der Waals surface area contributed by atoms with E-state index in [1.54, 1.807) is 12.1 Å². The highest BCUT2D eigenvalue weighted by Crippen LogP contribution is 2.33. The number of hydrogen-bond acceptors (Lipinski definition) is 1. The Morgan fingerprint density at radius 1 is 1.18 bits per heavy atom. The van der Waals surface area contributed by atoms with Gasteiger partial charge in [0.15, 0.2) is 11.6 Å². The Kier molecular flexibility index (Phi) is 4.11. The molecule has 2 rings (SSSR count). The lowest BCUT2D eigenvalue weighted by Crippen LogP contribution is -2.26. The third kappa shape index (κ3) is 2.83. The van der Waals surface area contributed by atoms with Crippen molar-refractivity contribution in [1.29, 1.82) is 0 Å². The van der Waals surface area contributed by atoms with Crippen molar-refractivity contribution < 1.29 is 8.78 Å². The first-order chi connectivity index (χ1) is 8.22. The van der Waals surface area contributed by atoms with E-state index in [1.165, 1.54) is 12.5 Å². The maximum Gasteiger partial charge on any atom is 0.162 e. The molecule has 1 nitrogen and oxygen atoms in total. The third-order valence-electron chi connectivity index (χ3n) is 3.75. The van der Waals surface area contributed by atoms with Gasteiger partial charge >= 0.3 is 0 Å². The average Bonchev–Trinajstić information content (AvgIpc) is 2.58. The summed E-state index contributed by atoms with van der Waals surface area (Å²) in [6.45, 7) is 0. The van der Waals surface area contributed by atoms with Crippen molar-refractivity contribution in [1.82, 2.24) is 5.32 Å². The molecule has 1 aromatic rings. The highest BCUT2D eigenvalue weighted by molar-refractivity contribution is 5.23. The van der Waals surface area contributed by atoms with Crippen LogP contribution < -0.4 is 5.32 Å². The summed E-state index contributed by atoms with van der Waals surface area (Å²) < 4.78 is 27.0. The zero-order chi connectivity index (χ0) is 12.3. The fourth-order valence-corrected chi connectivity index (χ4v) is 2.74. The van der Waals surface area contributed by atoms with Crippen LogP contribution in [0.15, 0.2) is 18.2 Å². The van der Waals surface area contributed by atoms with E-state index in [0.29, 0.717) is 11.6 Å². The molecule has 1 aliphatic rings. The summed E-state index contributed by atoms with van der Waals surface area (Å²) in [7, 11) is 1.94. The molecule has 0 aromatic heterocycles. The summed E-state index contributed by atoms with van der Waals surface area (Å²) in [5.74, 6) is -1.24. The molecule has 0 saturated heterocycles. The Balaban J connectivity index is 2.22. The summed E-state index contributed by atoms with van der Waals surface area (Å²) >= 11 is 0. The molecule has 0 heterocycles. The van der Waals surface area contributed by atoms with Gasteiger partial charge in [0.25, 0.3) is 0 Å². The van der Waals surface area contributed by atoms with Crippen LogP contribution in [-0.2, 0) is 0 Å². The van der Waals surface area contributed by atoms with Gasteiger partial charge in [0.05, 0.1) is 0 Å². The molecule has 0 radical (unpaired) electrons. The van der Waals surface area contributed by atoms with Gasteiger partial charge in [-0.25, -0.2) is 8.78 Å². The van der Waals surface area contributed by atoms with Crippen molar-refractivity contribution in [2.75, 3.05) is 7.05 Å². The quantitative estimate of drug-likeness (QED) is 0.777. The largest absolute Gasteiger partial charge is 0.317 e. The van der Waals surface area contributed by atoms with Gasteiger partial charge in [-0.2, -0.15) is 0 Å². The van der Waals surface area contributed by atoms with Crippen molar-refractivity contribution in [2.24, 2.45) is 0 Å². The molecule has 1 saturated carbocycles. The zero-order valence-electron chi connectivity index (χ0n) is 10.2. The van der Waals surface area contributed by atoms with E-state index >= 15 is 0 Å². The number of halogens is 2. The maximum atomic E-state index is 13.8. The summed E-state index contributed by atoms with van der Waals surface area (Å²) in [5, 5.41) is 3.26. The van der Waals surface area contributed by atoms with Crippen LogP contribution in [0.2, 0.25) is 0 Å². The first kappa shape index (κ1) is 12.5. The monoisotopic (exact) mass is 239 g/mol. The third-order valence-corrected chi connectivity index (χ3v) is 3.75. The van der Waals surface area contributed by atoms with Crippen molar-refractivity contribution in [3.63, 3.8) is 0 Å². The van der Waals surface area contributed by atoms with Crippen LogP contribution in [0.5, 0.6) is 0 Å². The summed E-state index contributed by atoms with van der Waals surface area (Å²) in [5.41, 5.74) is 0.548. The lowest BCUT2D eigenvalue weighted by molar-refractivity contribution is 0.444. The standard InChI is InChI=1S/C14H19F2N/c1-17-11-6-3-2-5-10(9-11)12-7-4-8-13(15)14(12)16/h4,7-8,10-11,17H,2-3,5-6,9H2,1H3. The van der Waals surface area contributed by atoms with Crippen LogP contribution >= 0.6 is 0 Å². The van der Waals surface area contributed by atoms with Crippen molar-refractivity contribution in [3.05, 3.63) is 35.4 Å². The normalized spacial score (nSPS) is 25.6. The molecule has 94 valence electrons. The second-order valence-corrected chi connectivity index (χ2v) is 4.85. The molecule has 0 aliphatic heterocycles. The molecule has 1 N–H and O–H groups in total. The van der Waals surface area contributed by atoms with Gasteiger partial charge < -0.3 is 5.32 Å². The van der Waals surface area contributed by atoms with Gasteiger partial charge in [-0.1, -0.05) is 25.0 Å². The Hall–Kier alpha value is -0.960. The summed E-state index contributed by atoms with van der Waals surface area (Å²) in [4.78, 5) is 0. The molecular formula is C14H19F2N. The van der Waals surface area contributed by atoms with E-state index in [1.807, 2.05) is 7.05 Å². The van der Waals surface area contributed by atoms with E-state index in [-0.39, 0.29) is 5.92 Å². The zero-order valence-corrected chi connectivity index (χ0v) is 10.2. The maximum absolute atomic E-state index is 13.8. The Bertz CT molecular complexity index is 378. The van der Waals surface area contributed by atoms with Crippen LogP contribution in [0.3, 0.4) is 0 Å². The predicted molar refractivity (Wildman–Crippen MR) is 65.0 cm³/mol. The van der Waals surface area contributed by atoms with Crippen LogP contribution in [0.1, 0.15) is 43.6 Å². The number of rotatable bonds is 2.